The summed E-state index contributed by atoms with van der Waals surface area (Å²) in [5.74, 6) is 3.10. The second kappa shape index (κ2) is 9.92. The first-order valence-electron chi connectivity index (χ1n) is 11.6. The first kappa shape index (κ1) is 26.0. The number of hydrogen-bond donors (Lipinski definition) is 1. The minimum atomic E-state index is -2.12. The summed E-state index contributed by atoms with van der Waals surface area (Å²) >= 11 is 0. The van der Waals surface area contributed by atoms with Crippen molar-refractivity contribution in [3.8, 4) is 28.7 Å². The normalized spacial score (nSPS) is 16.2. The Balaban J connectivity index is 2.24. The van der Waals surface area contributed by atoms with E-state index in [0.717, 1.165) is 22.3 Å². The van der Waals surface area contributed by atoms with Gasteiger partial charge >= 0.3 is 0 Å². The molecule has 0 bridgehead atoms. The van der Waals surface area contributed by atoms with Crippen LogP contribution in [0.15, 0.2) is 30.3 Å². The van der Waals surface area contributed by atoms with Crippen molar-refractivity contribution in [2.24, 2.45) is 0 Å². The van der Waals surface area contributed by atoms with Gasteiger partial charge in [-0.2, -0.15) is 0 Å². The van der Waals surface area contributed by atoms with Crippen molar-refractivity contribution in [1.82, 2.24) is 0 Å². The van der Waals surface area contributed by atoms with E-state index < -0.39 is 14.4 Å². The van der Waals surface area contributed by atoms with Gasteiger partial charge in [0.1, 0.15) is 5.75 Å². The lowest BCUT2D eigenvalue weighted by Gasteiger charge is -2.37. The molecule has 2 aromatic rings. The third-order valence-electron chi connectivity index (χ3n) is 6.90. The maximum atomic E-state index is 10.7. The second-order valence-electron chi connectivity index (χ2n) is 10.1. The minimum absolute atomic E-state index is 0.0333. The number of methoxy groups -OCH3 is 4. The summed E-state index contributed by atoms with van der Waals surface area (Å²) in [5, 5.41) is 10.8. The van der Waals surface area contributed by atoms with Crippen LogP contribution in [0.5, 0.6) is 28.7 Å². The van der Waals surface area contributed by atoms with Gasteiger partial charge in [0.25, 0.3) is 8.32 Å². The average Bonchev–Trinajstić information content (AvgIpc) is 2.95. The SMILES string of the molecule is COc1ccc(C2=CC(O)CCc3cc(OC)c(OC)c(OC)c32)cc1O[Si](C)(C)C(C)(C)C. The minimum Gasteiger partial charge on any atom is -0.541 e. The quantitative estimate of drug-likeness (QED) is 0.496. The molecule has 1 aliphatic rings. The molecule has 0 spiro atoms. The summed E-state index contributed by atoms with van der Waals surface area (Å²) in [7, 11) is 4.36. The second-order valence-corrected chi connectivity index (χ2v) is 14.8. The lowest BCUT2D eigenvalue weighted by molar-refractivity contribution is 0.214. The maximum absolute atomic E-state index is 10.7. The third kappa shape index (κ3) is 4.91. The smallest absolute Gasteiger partial charge is 0.250 e. The van der Waals surface area contributed by atoms with Crippen molar-refractivity contribution in [3.05, 3.63) is 47.0 Å². The molecule has 1 aliphatic carbocycles. The Morgan fingerprint density at radius 3 is 2.06 bits per heavy atom. The summed E-state index contributed by atoms with van der Waals surface area (Å²) in [5.41, 5.74) is 3.68. The molecular formula is C27H38O6Si. The van der Waals surface area contributed by atoms with Crippen molar-refractivity contribution in [3.63, 3.8) is 0 Å². The topological polar surface area (TPSA) is 66.4 Å². The summed E-state index contributed by atoms with van der Waals surface area (Å²) < 4.78 is 29.4. The van der Waals surface area contributed by atoms with Crippen LogP contribution in [0, 0.1) is 0 Å². The summed E-state index contributed by atoms with van der Waals surface area (Å²) in [4.78, 5) is 0. The molecule has 34 heavy (non-hydrogen) atoms. The van der Waals surface area contributed by atoms with Crippen LogP contribution in [-0.2, 0) is 6.42 Å². The van der Waals surface area contributed by atoms with Gasteiger partial charge in [-0.05, 0) is 71.9 Å². The van der Waals surface area contributed by atoms with Gasteiger partial charge in [-0.15, -0.1) is 0 Å². The summed E-state index contributed by atoms with van der Waals surface area (Å²) in [6, 6.07) is 7.88. The highest BCUT2D eigenvalue weighted by Crippen LogP contribution is 2.49. The van der Waals surface area contributed by atoms with E-state index in [9.17, 15) is 5.11 Å². The number of aryl methyl sites for hydroxylation is 1. The van der Waals surface area contributed by atoms with E-state index in [1.807, 2.05) is 30.3 Å². The molecule has 0 aliphatic heterocycles. The van der Waals surface area contributed by atoms with Crippen LogP contribution in [0.25, 0.3) is 5.57 Å². The molecule has 7 heteroatoms. The fourth-order valence-corrected chi connectivity index (χ4v) is 4.97. The molecule has 1 unspecified atom stereocenters. The van der Waals surface area contributed by atoms with Crippen LogP contribution in [0.1, 0.15) is 43.9 Å². The van der Waals surface area contributed by atoms with Crippen molar-refractivity contribution >= 4 is 13.9 Å². The zero-order valence-electron chi connectivity index (χ0n) is 21.9. The number of ether oxygens (including phenoxy) is 4. The van der Waals surface area contributed by atoms with E-state index in [4.69, 9.17) is 23.4 Å². The Bertz CT molecular complexity index is 1070. The highest BCUT2D eigenvalue weighted by molar-refractivity contribution is 6.74. The fourth-order valence-electron chi connectivity index (χ4n) is 3.95. The van der Waals surface area contributed by atoms with Gasteiger partial charge < -0.3 is 28.5 Å². The molecule has 186 valence electrons. The van der Waals surface area contributed by atoms with E-state index in [0.29, 0.717) is 41.6 Å². The van der Waals surface area contributed by atoms with Gasteiger partial charge in [-0.25, -0.2) is 0 Å². The predicted octanol–water partition coefficient (Wildman–Crippen LogP) is 5.84. The van der Waals surface area contributed by atoms with Crippen molar-refractivity contribution in [2.45, 2.75) is 57.8 Å². The van der Waals surface area contributed by atoms with Gasteiger partial charge in [0, 0.05) is 5.56 Å². The van der Waals surface area contributed by atoms with Gasteiger partial charge in [-0.3, -0.25) is 0 Å². The van der Waals surface area contributed by atoms with E-state index in [2.05, 4.69) is 33.9 Å². The van der Waals surface area contributed by atoms with E-state index in [1.165, 1.54) is 0 Å². The average molecular weight is 487 g/mol. The highest BCUT2D eigenvalue weighted by atomic mass is 28.4. The number of hydrogen-bond acceptors (Lipinski definition) is 6. The molecule has 0 saturated heterocycles. The summed E-state index contributed by atoms with van der Waals surface area (Å²) in [6.45, 7) is 11.0. The van der Waals surface area contributed by atoms with E-state index >= 15 is 0 Å². The Kier molecular flexibility index (Phi) is 7.58. The summed E-state index contributed by atoms with van der Waals surface area (Å²) in [6.07, 6.45) is 2.56. The highest BCUT2D eigenvalue weighted by Gasteiger charge is 2.39. The Morgan fingerprint density at radius 1 is 0.853 bits per heavy atom. The molecular weight excluding hydrogens is 448 g/mol. The Labute approximate surface area is 204 Å². The van der Waals surface area contributed by atoms with Gasteiger partial charge in [0.05, 0.1) is 34.5 Å². The predicted molar refractivity (Wildman–Crippen MR) is 138 cm³/mol. The zero-order valence-corrected chi connectivity index (χ0v) is 22.9. The number of benzene rings is 2. The number of fused-ring (bicyclic) bond motifs is 1. The van der Waals surface area contributed by atoms with Crippen LogP contribution in [0.4, 0.5) is 0 Å². The zero-order chi connectivity index (χ0) is 25.3. The van der Waals surface area contributed by atoms with E-state index in [1.54, 1.807) is 28.4 Å². The number of rotatable bonds is 7. The first-order valence-corrected chi connectivity index (χ1v) is 14.5. The van der Waals surface area contributed by atoms with Gasteiger partial charge in [-0.1, -0.05) is 26.8 Å². The van der Waals surface area contributed by atoms with Crippen molar-refractivity contribution in [1.29, 1.82) is 0 Å². The molecule has 0 fully saturated rings. The molecule has 6 nitrogen and oxygen atoms in total. The third-order valence-corrected chi connectivity index (χ3v) is 11.2. The van der Waals surface area contributed by atoms with Crippen molar-refractivity contribution < 1.29 is 28.5 Å². The van der Waals surface area contributed by atoms with Crippen LogP contribution in [0.3, 0.4) is 0 Å². The standard InChI is InChI=1S/C27H38O6Si/c1-27(2,3)34(8,9)33-22-14-17(11-13-21(22)29-4)20-16-19(28)12-10-18-15-23(30-5)25(31-6)26(32-7)24(18)20/h11,13-16,19,28H,10,12H2,1-9H3. The lowest BCUT2D eigenvalue weighted by atomic mass is 9.92. The van der Waals surface area contributed by atoms with E-state index in [-0.39, 0.29) is 5.04 Å². The molecule has 0 radical (unpaired) electrons. The monoisotopic (exact) mass is 486 g/mol. The molecule has 0 amide bonds. The maximum Gasteiger partial charge on any atom is 0.250 e. The fraction of sp³-hybridized carbons (Fsp3) is 0.481. The molecule has 1 N–H and O–H groups in total. The molecule has 1 atom stereocenters. The Morgan fingerprint density at radius 2 is 1.50 bits per heavy atom. The largest absolute Gasteiger partial charge is 0.541 e. The molecule has 0 saturated carbocycles. The van der Waals surface area contributed by atoms with Gasteiger partial charge in [0.15, 0.2) is 17.2 Å². The van der Waals surface area contributed by atoms with Crippen molar-refractivity contribution in [2.75, 3.05) is 28.4 Å². The number of aliphatic hydroxyl groups is 1. The molecule has 2 aromatic carbocycles. The van der Waals surface area contributed by atoms with Crippen LogP contribution in [-0.4, -0.2) is 48.0 Å². The van der Waals surface area contributed by atoms with Crippen LogP contribution in [0.2, 0.25) is 18.1 Å². The number of aliphatic hydroxyl groups excluding tert-OH is 1. The van der Waals surface area contributed by atoms with Crippen LogP contribution >= 0.6 is 0 Å². The Hall–Kier alpha value is -2.64. The molecule has 0 heterocycles. The molecule has 0 aromatic heterocycles. The van der Waals surface area contributed by atoms with Crippen LogP contribution < -0.4 is 23.4 Å². The lowest BCUT2D eigenvalue weighted by Crippen LogP contribution is -2.43. The first-order chi connectivity index (χ1) is 16.0. The molecule has 3 rings (SSSR count). The van der Waals surface area contributed by atoms with Gasteiger partial charge in [0.2, 0.25) is 5.75 Å².